The lowest BCUT2D eigenvalue weighted by atomic mass is 10.1. The lowest BCUT2D eigenvalue weighted by molar-refractivity contribution is 0.242. The highest BCUT2D eigenvalue weighted by Crippen LogP contribution is 2.23. The van der Waals surface area contributed by atoms with Crippen molar-refractivity contribution >= 4 is 5.69 Å². The Labute approximate surface area is 112 Å². The third-order valence-corrected chi connectivity index (χ3v) is 2.84. The summed E-state index contributed by atoms with van der Waals surface area (Å²) in [6, 6.07) is 11.1. The van der Waals surface area contributed by atoms with E-state index in [2.05, 4.69) is 0 Å². The Morgan fingerprint density at radius 3 is 2.63 bits per heavy atom. The van der Waals surface area contributed by atoms with Gasteiger partial charge in [0.1, 0.15) is 5.75 Å². The molecule has 0 amide bonds. The Balaban J connectivity index is 2.48. The Morgan fingerprint density at radius 1 is 1.21 bits per heavy atom. The number of ether oxygens (including phenoxy) is 1. The summed E-state index contributed by atoms with van der Waals surface area (Å²) in [6.45, 7) is 3.96. The van der Waals surface area contributed by atoms with Crippen LogP contribution in [0.15, 0.2) is 41.2 Å². The van der Waals surface area contributed by atoms with Gasteiger partial charge in [-0.3, -0.25) is 4.79 Å². The van der Waals surface area contributed by atoms with Crippen LogP contribution in [0.3, 0.4) is 0 Å². The molecule has 0 aliphatic carbocycles. The molecule has 0 radical (unpaired) electrons. The lowest BCUT2D eigenvalue weighted by Crippen LogP contribution is -2.21. The first kappa shape index (κ1) is 13.2. The van der Waals surface area contributed by atoms with E-state index in [0.29, 0.717) is 0 Å². The van der Waals surface area contributed by atoms with E-state index >= 15 is 0 Å². The number of pyridine rings is 1. The number of benzene rings is 1. The lowest BCUT2D eigenvalue weighted by Gasteiger charge is -2.13. The maximum atomic E-state index is 11.8. The molecule has 4 nitrogen and oxygen atoms in total. The normalized spacial score (nSPS) is 10.7. The zero-order valence-corrected chi connectivity index (χ0v) is 11.4. The van der Waals surface area contributed by atoms with Crippen molar-refractivity contribution in [2.45, 2.75) is 20.0 Å². The van der Waals surface area contributed by atoms with Crippen molar-refractivity contribution in [2.75, 3.05) is 5.73 Å². The molecule has 0 fully saturated rings. The third kappa shape index (κ3) is 2.78. The maximum absolute atomic E-state index is 11.8. The third-order valence-electron chi connectivity index (χ3n) is 2.84. The molecule has 19 heavy (non-hydrogen) atoms. The predicted octanol–water partition coefficient (Wildman–Crippen LogP) is 2.42. The first-order chi connectivity index (χ1) is 8.99. The molecule has 4 heteroatoms. The van der Waals surface area contributed by atoms with Crippen LogP contribution in [0.25, 0.3) is 11.3 Å². The average molecular weight is 258 g/mol. The van der Waals surface area contributed by atoms with Crippen LogP contribution in [-0.4, -0.2) is 10.7 Å². The van der Waals surface area contributed by atoms with E-state index in [1.54, 1.807) is 17.7 Å². The summed E-state index contributed by atoms with van der Waals surface area (Å²) in [6.07, 6.45) is 0.116. The van der Waals surface area contributed by atoms with E-state index in [0.717, 1.165) is 17.0 Å². The van der Waals surface area contributed by atoms with Gasteiger partial charge in [0.15, 0.2) is 0 Å². The number of rotatable bonds is 3. The number of hydrogen-bond acceptors (Lipinski definition) is 3. The molecule has 1 heterocycles. The topological polar surface area (TPSA) is 57.2 Å². The van der Waals surface area contributed by atoms with Crippen molar-refractivity contribution in [1.82, 2.24) is 4.57 Å². The second kappa shape index (κ2) is 5.18. The summed E-state index contributed by atoms with van der Waals surface area (Å²) < 4.78 is 7.20. The van der Waals surface area contributed by atoms with E-state index < -0.39 is 0 Å². The maximum Gasteiger partial charge on any atom is 0.273 e. The molecule has 0 atom stereocenters. The first-order valence-electron chi connectivity index (χ1n) is 6.21. The van der Waals surface area contributed by atoms with Gasteiger partial charge in [0, 0.05) is 12.6 Å². The standard InChI is InChI=1S/C15H18N2O2/c1-10(2)19-12-6-4-5-11(9-12)14-8-7-13(16)15(18)17(14)3/h4-10H,16H2,1-3H3. The van der Waals surface area contributed by atoms with Gasteiger partial charge in [-0.1, -0.05) is 12.1 Å². The average Bonchev–Trinajstić information content (AvgIpc) is 2.36. The van der Waals surface area contributed by atoms with Gasteiger partial charge in [0.2, 0.25) is 0 Å². The number of hydrogen-bond donors (Lipinski definition) is 1. The molecule has 0 unspecified atom stereocenters. The highest BCUT2D eigenvalue weighted by Gasteiger charge is 2.07. The number of nitrogen functional groups attached to an aromatic ring is 1. The fourth-order valence-corrected chi connectivity index (χ4v) is 1.95. The molecule has 1 aromatic carbocycles. The summed E-state index contributed by atoms with van der Waals surface area (Å²) in [5.74, 6) is 0.789. The van der Waals surface area contributed by atoms with E-state index in [9.17, 15) is 4.79 Å². The van der Waals surface area contributed by atoms with E-state index in [4.69, 9.17) is 10.5 Å². The van der Waals surface area contributed by atoms with Gasteiger partial charge in [-0.15, -0.1) is 0 Å². The van der Waals surface area contributed by atoms with E-state index in [-0.39, 0.29) is 17.4 Å². The van der Waals surface area contributed by atoms with Crippen LogP contribution in [-0.2, 0) is 7.05 Å². The molecule has 0 aliphatic rings. The molecular weight excluding hydrogens is 240 g/mol. The van der Waals surface area contributed by atoms with Crippen LogP contribution in [0.2, 0.25) is 0 Å². The molecule has 2 N–H and O–H groups in total. The largest absolute Gasteiger partial charge is 0.491 e. The summed E-state index contributed by atoms with van der Waals surface area (Å²) in [5, 5.41) is 0. The molecule has 0 bridgehead atoms. The highest BCUT2D eigenvalue weighted by molar-refractivity contribution is 5.63. The molecule has 2 aromatic rings. The van der Waals surface area contributed by atoms with Crippen LogP contribution in [0.5, 0.6) is 5.75 Å². The van der Waals surface area contributed by atoms with E-state index in [1.165, 1.54) is 0 Å². The quantitative estimate of drug-likeness (QED) is 0.919. The fourth-order valence-electron chi connectivity index (χ4n) is 1.95. The number of nitrogens with zero attached hydrogens (tertiary/aromatic N) is 1. The van der Waals surface area contributed by atoms with Crippen LogP contribution >= 0.6 is 0 Å². The summed E-state index contributed by atoms with van der Waals surface area (Å²) in [4.78, 5) is 11.8. The molecule has 2 rings (SSSR count). The van der Waals surface area contributed by atoms with Crippen molar-refractivity contribution < 1.29 is 4.74 Å². The van der Waals surface area contributed by atoms with Gasteiger partial charge in [-0.25, -0.2) is 0 Å². The molecule has 0 saturated heterocycles. The Morgan fingerprint density at radius 2 is 1.95 bits per heavy atom. The Kier molecular flexibility index (Phi) is 3.60. The second-order valence-corrected chi connectivity index (χ2v) is 4.73. The zero-order chi connectivity index (χ0) is 14.0. The van der Waals surface area contributed by atoms with Crippen molar-refractivity contribution in [3.63, 3.8) is 0 Å². The van der Waals surface area contributed by atoms with Crippen LogP contribution < -0.4 is 16.0 Å². The fraction of sp³-hybridized carbons (Fsp3) is 0.267. The molecule has 100 valence electrons. The molecule has 1 aromatic heterocycles. The van der Waals surface area contributed by atoms with Crippen molar-refractivity contribution in [3.05, 3.63) is 46.8 Å². The van der Waals surface area contributed by atoms with Gasteiger partial charge in [-0.05, 0) is 38.1 Å². The molecule has 0 saturated carbocycles. The van der Waals surface area contributed by atoms with Crippen molar-refractivity contribution in [2.24, 2.45) is 7.05 Å². The van der Waals surface area contributed by atoms with E-state index in [1.807, 2.05) is 44.2 Å². The van der Waals surface area contributed by atoms with Gasteiger partial charge < -0.3 is 15.0 Å². The molecular formula is C15H18N2O2. The minimum Gasteiger partial charge on any atom is -0.491 e. The van der Waals surface area contributed by atoms with Gasteiger partial charge in [0.25, 0.3) is 5.56 Å². The van der Waals surface area contributed by atoms with Crippen molar-refractivity contribution in [1.29, 1.82) is 0 Å². The Hall–Kier alpha value is -2.23. The van der Waals surface area contributed by atoms with Crippen LogP contribution in [0.1, 0.15) is 13.8 Å². The van der Waals surface area contributed by atoms with Gasteiger partial charge in [-0.2, -0.15) is 0 Å². The van der Waals surface area contributed by atoms with Crippen LogP contribution in [0, 0.1) is 0 Å². The summed E-state index contributed by atoms with van der Waals surface area (Å²) >= 11 is 0. The zero-order valence-electron chi connectivity index (χ0n) is 11.4. The van der Waals surface area contributed by atoms with Crippen molar-refractivity contribution in [3.8, 4) is 17.0 Å². The summed E-state index contributed by atoms with van der Waals surface area (Å²) in [5.41, 5.74) is 7.41. The second-order valence-electron chi connectivity index (χ2n) is 4.73. The number of anilines is 1. The summed E-state index contributed by atoms with van der Waals surface area (Å²) in [7, 11) is 1.71. The first-order valence-corrected chi connectivity index (χ1v) is 6.21. The van der Waals surface area contributed by atoms with Gasteiger partial charge in [0.05, 0.1) is 17.5 Å². The molecule has 0 aliphatic heterocycles. The Bertz CT molecular complexity index is 645. The minimum atomic E-state index is -0.187. The van der Waals surface area contributed by atoms with Crippen LogP contribution in [0.4, 0.5) is 5.69 Å². The molecule has 0 spiro atoms. The minimum absolute atomic E-state index is 0.116. The van der Waals surface area contributed by atoms with Gasteiger partial charge >= 0.3 is 0 Å². The SMILES string of the molecule is CC(C)Oc1cccc(-c2ccc(N)c(=O)n2C)c1. The smallest absolute Gasteiger partial charge is 0.273 e. The monoisotopic (exact) mass is 258 g/mol. The predicted molar refractivity (Wildman–Crippen MR) is 77.3 cm³/mol. The number of aromatic nitrogens is 1. The number of nitrogens with two attached hydrogens (primary N) is 1. The highest BCUT2D eigenvalue weighted by atomic mass is 16.5.